The molecule has 0 unspecified atom stereocenters. The summed E-state index contributed by atoms with van der Waals surface area (Å²) in [5.74, 6) is -0.402. The molecule has 0 fully saturated rings. The van der Waals surface area contributed by atoms with E-state index in [1.54, 1.807) is 18.2 Å². The van der Waals surface area contributed by atoms with E-state index >= 15 is 0 Å². The van der Waals surface area contributed by atoms with Crippen molar-refractivity contribution in [1.29, 1.82) is 0 Å². The van der Waals surface area contributed by atoms with E-state index in [0.29, 0.717) is 16.6 Å². The minimum absolute atomic E-state index is 0.0979. The Kier molecular flexibility index (Phi) is 7.03. The zero-order valence-corrected chi connectivity index (χ0v) is 15.7. The first-order valence-electron chi connectivity index (χ1n) is 7.73. The average molecular weight is 406 g/mol. The molecule has 0 aliphatic heterocycles. The van der Waals surface area contributed by atoms with E-state index in [4.69, 9.17) is 0 Å². The standard InChI is InChI=1S/C17H20BrN5O2/c1-23(2)7-6-19-16(24)13-5-3-4-12(8-13)9-22-17(25)15-20-10-14(18)11-21-15/h3-5,8,10-11H,6-7,9H2,1-2H3,(H,19,24)(H,22,25). The lowest BCUT2D eigenvalue weighted by atomic mass is 10.1. The molecule has 0 saturated carbocycles. The van der Waals surface area contributed by atoms with Gasteiger partial charge in [0.05, 0.1) is 4.47 Å². The second-order valence-corrected chi connectivity index (χ2v) is 6.58. The smallest absolute Gasteiger partial charge is 0.289 e. The molecule has 1 aromatic carbocycles. The maximum Gasteiger partial charge on any atom is 0.289 e. The number of hydrogen-bond acceptors (Lipinski definition) is 5. The normalized spacial score (nSPS) is 10.6. The lowest BCUT2D eigenvalue weighted by Crippen LogP contribution is -2.31. The van der Waals surface area contributed by atoms with Crippen LogP contribution in [0.4, 0.5) is 0 Å². The number of hydrogen-bond donors (Lipinski definition) is 2. The van der Waals surface area contributed by atoms with Gasteiger partial charge >= 0.3 is 0 Å². The number of rotatable bonds is 7. The number of amides is 2. The number of aromatic nitrogens is 2. The minimum atomic E-state index is -0.367. The Morgan fingerprint density at radius 2 is 1.84 bits per heavy atom. The predicted octanol–water partition coefficient (Wildman–Crippen LogP) is 1.46. The minimum Gasteiger partial charge on any atom is -0.351 e. The van der Waals surface area contributed by atoms with Crippen LogP contribution in [0.2, 0.25) is 0 Å². The first-order chi connectivity index (χ1) is 12.0. The lowest BCUT2D eigenvalue weighted by molar-refractivity contribution is 0.0938. The summed E-state index contributed by atoms with van der Waals surface area (Å²) in [6, 6.07) is 7.14. The molecule has 8 heteroatoms. The molecule has 25 heavy (non-hydrogen) atoms. The van der Waals surface area contributed by atoms with Gasteiger partial charge in [-0.2, -0.15) is 0 Å². The summed E-state index contributed by atoms with van der Waals surface area (Å²) in [5.41, 5.74) is 1.39. The summed E-state index contributed by atoms with van der Waals surface area (Å²) in [4.78, 5) is 34.0. The van der Waals surface area contributed by atoms with Crippen molar-refractivity contribution in [3.63, 3.8) is 0 Å². The fraction of sp³-hybridized carbons (Fsp3) is 0.294. The first kappa shape index (κ1) is 19.0. The Morgan fingerprint density at radius 1 is 1.12 bits per heavy atom. The monoisotopic (exact) mass is 405 g/mol. The van der Waals surface area contributed by atoms with E-state index in [2.05, 4.69) is 36.5 Å². The van der Waals surface area contributed by atoms with Gasteiger partial charge in [0.15, 0.2) is 0 Å². The van der Waals surface area contributed by atoms with Gasteiger partial charge in [-0.05, 0) is 47.7 Å². The van der Waals surface area contributed by atoms with Gasteiger partial charge in [0.2, 0.25) is 5.82 Å². The van der Waals surface area contributed by atoms with Crippen LogP contribution in [-0.2, 0) is 6.54 Å². The molecule has 2 aromatic rings. The van der Waals surface area contributed by atoms with Crippen LogP contribution in [-0.4, -0.2) is 53.9 Å². The summed E-state index contributed by atoms with van der Waals surface area (Å²) in [6.07, 6.45) is 3.03. The number of carbonyl (C=O) groups is 2. The van der Waals surface area contributed by atoms with Gasteiger partial charge in [-0.15, -0.1) is 0 Å². The van der Waals surface area contributed by atoms with Crippen molar-refractivity contribution in [2.24, 2.45) is 0 Å². The molecule has 0 bridgehead atoms. The molecule has 0 saturated heterocycles. The molecule has 0 atom stereocenters. The Morgan fingerprint density at radius 3 is 2.52 bits per heavy atom. The zero-order chi connectivity index (χ0) is 18.2. The lowest BCUT2D eigenvalue weighted by Gasteiger charge is -2.11. The van der Waals surface area contributed by atoms with Crippen molar-refractivity contribution in [2.75, 3.05) is 27.2 Å². The number of nitrogens with one attached hydrogen (secondary N) is 2. The number of likely N-dealkylation sites (N-methyl/N-ethyl adjacent to an activating group) is 1. The fourth-order valence-electron chi connectivity index (χ4n) is 2.01. The summed E-state index contributed by atoms with van der Waals surface area (Å²) in [5, 5.41) is 5.60. The van der Waals surface area contributed by atoms with Crippen LogP contribution in [0.15, 0.2) is 41.1 Å². The van der Waals surface area contributed by atoms with Gasteiger partial charge in [-0.1, -0.05) is 12.1 Å². The van der Waals surface area contributed by atoms with Crippen LogP contribution in [0.1, 0.15) is 26.5 Å². The van der Waals surface area contributed by atoms with Gasteiger partial charge in [0.1, 0.15) is 0 Å². The average Bonchev–Trinajstić information content (AvgIpc) is 2.60. The topological polar surface area (TPSA) is 87.2 Å². The highest BCUT2D eigenvalue weighted by molar-refractivity contribution is 9.10. The molecule has 0 radical (unpaired) electrons. The van der Waals surface area contributed by atoms with E-state index in [-0.39, 0.29) is 24.2 Å². The van der Waals surface area contributed by atoms with Crippen molar-refractivity contribution in [1.82, 2.24) is 25.5 Å². The molecule has 2 amide bonds. The Balaban J connectivity index is 1.91. The second-order valence-electron chi connectivity index (χ2n) is 5.67. The number of benzene rings is 1. The molecule has 1 heterocycles. The van der Waals surface area contributed by atoms with Crippen LogP contribution in [0.5, 0.6) is 0 Å². The maximum absolute atomic E-state index is 12.1. The molecule has 1 aromatic heterocycles. The zero-order valence-electron chi connectivity index (χ0n) is 14.1. The van der Waals surface area contributed by atoms with Crippen molar-refractivity contribution in [2.45, 2.75) is 6.54 Å². The molecule has 0 aliphatic carbocycles. The maximum atomic E-state index is 12.1. The number of nitrogens with zero attached hydrogens (tertiary/aromatic N) is 3. The van der Waals surface area contributed by atoms with Gasteiger partial charge in [-0.25, -0.2) is 9.97 Å². The van der Waals surface area contributed by atoms with Crippen LogP contribution >= 0.6 is 15.9 Å². The Bertz CT molecular complexity index is 734. The van der Waals surface area contributed by atoms with Crippen molar-refractivity contribution in [3.05, 3.63) is 58.1 Å². The highest BCUT2D eigenvalue weighted by atomic mass is 79.9. The number of halogens is 1. The quantitative estimate of drug-likeness (QED) is 0.727. The van der Waals surface area contributed by atoms with Crippen LogP contribution in [0.25, 0.3) is 0 Å². The molecule has 2 N–H and O–H groups in total. The van der Waals surface area contributed by atoms with E-state index < -0.39 is 0 Å². The SMILES string of the molecule is CN(C)CCNC(=O)c1cccc(CNC(=O)c2ncc(Br)cn2)c1. The van der Waals surface area contributed by atoms with Gasteiger partial charge in [-0.3, -0.25) is 9.59 Å². The Hall–Kier alpha value is -2.32. The summed E-state index contributed by atoms with van der Waals surface area (Å²) >= 11 is 3.22. The van der Waals surface area contributed by atoms with Gasteiger partial charge < -0.3 is 15.5 Å². The summed E-state index contributed by atoms with van der Waals surface area (Å²) < 4.78 is 0.706. The van der Waals surface area contributed by atoms with E-state index in [9.17, 15) is 9.59 Å². The molecular weight excluding hydrogens is 386 g/mol. The van der Waals surface area contributed by atoms with Crippen LogP contribution in [0, 0.1) is 0 Å². The first-order valence-corrected chi connectivity index (χ1v) is 8.52. The summed E-state index contributed by atoms with van der Waals surface area (Å²) in [6.45, 7) is 1.64. The molecule has 0 aliphatic rings. The summed E-state index contributed by atoms with van der Waals surface area (Å²) in [7, 11) is 3.90. The van der Waals surface area contributed by atoms with Crippen molar-refractivity contribution >= 4 is 27.7 Å². The third-order valence-electron chi connectivity index (χ3n) is 3.31. The fourth-order valence-corrected chi connectivity index (χ4v) is 2.21. The molecular formula is C17H20BrN5O2. The molecule has 0 spiro atoms. The molecule has 2 rings (SSSR count). The highest BCUT2D eigenvalue weighted by Crippen LogP contribution is 2.07. The third-order valence-corrected chi connectivity index (χ3v) is 3.72. The molecule has 132 valence electrons. The van der Waals surface area contributed by atoms with Crippen LogP contribution in [0.3, 0.4) is 0 Å². The van der Waals surface area contributed by atoms with E-state index in [0.717, 1.165) is 12.1 Å². The van der Waals surface area contributed by atoms with E-state index in [1.807, 2.05) is 25.1 Å². The van der Waals surface area contributed by atoms with Crippen LogP contribution < -0.4 is 10.6 Å². The van der Waals surface area contributed by atoms with Crippen molar-refractivity contribution in [3.8, 4) is 0 Å². The van der Waals surface area contributed by atoms with Gasteiger partial charge in [0.25, 0.3) is 11.8 Å². The predicted molar refractivity (Wildman–Crippen MR) is 98.2 cm³/mol. The van der Waals surface area contributed by atoms with Gasteiger partial charge in [0, 0.05) is 37.6 Å². The van der Waals surface area contributed by atoms with E-state index in [1.165, 1.54) is 12.4 Å². The number of carbonyl (C=O) groups excluding carboxylic acids is 2. The third kappa shape index (κ3) is 6.24. The largest absolute Gasteiger partial charge is 0.351 e. The van der Waals surface area contributed by atoms with Crippen molar-refractivity contribution < 1.29 is 9.59 Å². The molecule has 7 nitrogen and oxygen atoms in total. The Labute approximate surface area is 155 Å². The second kappa shape index (κ2) is 9.24. The highest BCUT2D eigenvalue weighted by Gasteiger charge is 2.10.